The number of aliphatic imine (C=N–C) groups is 2. The Bertz CT molecular complexity index is 731. The minimum atomic E-state index is -0.714. The molecule has 21 heavy (non-hydrogen) atoms. The number of amidine groups is 1. The molecular formula is C14H11BrClN3O2. The van der Waals surface area contributed by atoms with Gasteiger partial charge in [0.05, 0.1) is 0 Å². The molecule has 1 aromatic carbocycles. The third-order valence-corrected chi connectivity index (χ3v) is 4.59. The summed E-state index contributed by atoms with van der Waals surface area (Å²) in [6.07, 6.45) is 2.51. The fraction of sp³-hybridized carbons (Fsp3) is 0.286. The molecule has 2 N–H and O–H groups in total. The van der Waals surface area contributed by atoms with Crippen molar-refractivity contribution >= 4 is 38.7 Å². The molecule has 0 bridgehead atoms. The highest BCUT2D eigenvalue weighted by Crippen LogP contribution is 2.49. The Hall–Kier alpha value is -1.53. The van der Waals surface area contributed by atoms with E-state index in [1.54, 1.807) is 0 Å². The van der Waals surface area contributed by atoms with Crippen LogP contribution in [-0.2, 0) is 10.3 Å². The zero-order chi connectivity index (χ0) is 14.6. The molecule has 5 nitrogen and oxygen atoms in total. The fourth-order valence-corrected chi connectivity index (χ4v) is 3.46. The fourth-order valence-electron chi connectivity index (χ4n) is 2.92. The van der Waals surface area contributed by atoms with Crippen molar-refractivity contribution in [2.75, 3.05) is 6.61 Å². The number of dihydropyridines is 1. The number of halogens is 2. The van der Waals surface area contributed by atoms with E-state index in [-0.39, 0.29) is 12.1 Å². The number of hydrogen-bond acceptors (Lipinski definition) is 5. The zero-order valence-electron chi connectivity index (χ0n) is 10.8. The summed E-state index contributed by atoms with van der Waals surface area (Å²) in [6, 6.07) is 5.62. The lowest BCUT2D eigenvalue weighted by atomic mass is 9.80. The Morgan fingerprint density at radius 3 is 3.05 bits per heavy atom. The van der Waals surface area contributed by atoms with E-state index >= 15 is 0 Å². The topological polar surface area (TPSA) is 69.2 Å². The monoisotopic (exact) mass is 367 g/mol. The van der Waals surface area contributed by atoms with Crippen LogP contribution in [0.25, 0.3) is 0 Å². The van der Waals surface area contributed by atoms with Crippen LogP contribution in [0.1, 0.15) is 12.0 Å². The normalized spacial score (nSPS) is 29.6. The van der Waals surface area contributed by atoms with E-state index in [9.17, 15) is 0 Å². The van der Waals surface area contributed by atoms with Crippen molar-refractivity contribution in [2.24, 2.45) is 15.7 Å². The van der Waals surface area contributed by atoms with Crippen LogP contribution in [0.3, 0.4) is 0 Å². The molecule has 4 rings (SSSR count). The summed E-state index contributed by atoms with van der Waals surface area (Å²) in [5.74, 6) is 1.49. The Morgan fingerprint density at radius 1 is 1.43 bits per heavy atom. The van der Waals surface area contributed by atoms with Crippen molar-refractivity contribution in [1.82, 2.24) is 0 Å². The minimum Gasteiger partial charge on any atom is -0.462 e. The molecule has 108 valence electrons. The lowest BCUT2D eigenvalue weighted by Gasteiger charge is -2.39. The highest BCUT2D eigenvalue weighted by atomic mass is 79.9. The van der Waals surface area contributed by atoms with Gasteiger partial charge in [0.2, 0.25) is 0 Å². The van der Waals surface area contributed by atoms with Crippen molar-refractivity contribution < 1.29 is 9.47 Å². The molecule has 1 aromatic rings. The van der Waals surface area contributed by atoms with Gasteiger partial charge in [-0.15, -0.1) is 0 Å². The average molecular weight is 369 g/mol. The molecule has 1 spiro atoms. The van der Waals surface area contributed by atoms with E-state index < -0.39 is 5.54 Å². The van der Waals surface area contributed by atoms with Gasteiger partial charge in [0.25, 0.3) is 6.02 Å². The molecule has 2 unspecified atom stereocenters. The quantitative estimate of drug-likeness (QED) is 0.765. The van der Waals surface area contributed by atoms with Crippen LogP contribution in [0.5, 0.6) is 5.75 Å². The third-order valence-electron chi connectivity index (χ3n) is 3.85. The molecule has 0 fully saturated rings. The zero-order valence-corrected chi connectivity index (χ0v) is 13.2. The maximum atomic E-state index is 6.11. The van der Waals surface area contributed by atoms with Crippen LogP contribution in [0, 0.1) is 0 Å². The average Bonchev–Trinajstić information content (AvgIpc) is 2.84. The van der Waals surface area contributed by atoms with Crippen LogP contribution < -0.4 is 10.5 Å². The summed E-state index contributed by atoms with van der Waals surface area (Å²) in [7, 11) is 0. The number of rotatable bonds is 0. The van der Waals surface area contributed by atoms with E-state index in [0.717, 1.165) is 21.5 Å². The standard InChI is InChI=1S/C14H11BrClN3O2/c15-7-1-2-9-8(5-7)14(6-20-13(17)19-14)12-10(21-9)3-4-11(16)18-12/h1-3,5,12H,4,6H2,(H2,17,19). The van der Waals surface area contributed by atoms with Gasteiger partial charge in [0, 0.05) is 16.5 Å². The maximum Gasteiger partial charge on any atom is 0.283 e. The van der Waals surface area contributed by atoms with Crippen LogP contribution >= 0.6 is 27.5 Å². The molecule has 0 saturated heterocycles. The second-order valence-electron chi connectivity index (χ2n) is 5.12. The molecule has 0 amide bonds. The van der Waals surface area contributed by atoms with Gasteiger partial charge in [-0.25, -0.2) is 4.99 Å². The van der Waals surface area contributed by atoms with Gasteiger partial charge in [-0.2, -0.15) is 0 Å². The summed E-state index contributed by atoms with van der Waals surface area (Å²) in [5.41, 5.74) is 5.95. The first kappa shape index (κ1) is 13.2. The molecule has 0 aliphatic carbocycles. The summed E-state index contributed by atoms with van der Waals surface area (Å²) < 4.78 is 12.3. The molecule has 2 atom stereocenters. The Balaban J connectivity index is 1.98. The molecule has 3 aliphatic rings. The van der Waals surface area contributed by atoms with E-state index in [1.165, 1.54) is 0 Å². The summed E-state index contributed by atoms with van der Waals surface area (Å²) in [4.78, 5) is 9.08. The van der Waals surface area contributed by atoms with Crippen molar-refractivity contribution in [3.8, 4) is 5.75 Å². The van der Waals surface area contributed by atoms with Crippen LogP contribution in [-0.4, -0.2) is 23.8 Å². The second kappa shape index (κ2) is 4.48. The molecule has 0 saturated carbocycles. The third kappa shape index (κ3) is 1.89. The number of ether oxygens (including phenoxy) is 2. The smallest absolute Gasteiger partial charge is 0.283 e. The SMILES string of the molecule is NC1=NC2(CO1)c1cc(Br)ccc1OC1=CCC(Cl)=NC12. The first-order chi connectivity index (χ1) is 10.1. The molecule has 3 heterocycles. The van der Waals surface area contributed by atoms with Crippen LogP contribution in [0.4, 0.5) is 0 Å². The van der Waals surface area contributed by atoms with Crippen molar-refractivity contribution in [2.45, 2.75) is 18.0 Å². The molecular weight excluding hydrogens is 358 g/mol. The number of benzene rings is 1. The van der Waals surface area contributed by atoms with Gasteiger partial charge in [0.15, 0.2) is 5.54 Å². The molecule has 0 radical (unpaired) electrons. The van der Waals surface area contributed by atoms with Gasteiger partial charge in [-0.05, 0) is 24.3 Å². The first-order valence-electron chi connectivity index (χ1n) is 6.47. The van der Waals surface area contributed by atoms with Crippen molar-refractivity contribution in [1.29, 1.82) is 0 Å². The molecule has 0 aromatic heterocycles. The van der Waals surface area contributed by atoms with Gasteiger partial charge < -0.3 is 15.2 Å². The van der Waals surface area contributed by atoms with Gasteiger partial charge in [0.1, 0.15) is 29.3 Å². The largest absolute Gasteiger partial charge is 0.462 e. The lowest BCUT2D eigenvalue weighted by molar-refractivity contribution is 0.191. The minimum absolute atomic E-state index is 0.166. The molecule has 3 aliphatic heterocycles. The highest BCUT2D eigenvalue weighted by molar-refractivity contribution is 9.10. The number of allylic oxidation sites excluding steroid dienone is 1. The Morgan fingerprint density at radius 2 is 2.29 bits per heavy atom. The second-order valence-corrected chi connectivity index (χ2v) is 6.48. The van der Waals surface area contributed by atoms with E-state index in [1.807, 2.05) is 24.3 Å². The number of nitrogens with two attached hydrogens (primary N) is 1. The predicted molar refractivity (Wildman–Crippen MR) is 83.8 cm³/mol. The summed E-state index contributed by atoms with van der Waals surface area (Å²) >= 11 is 9.60. The van der Waals surface area contributed by atoms with E-state index in [4.69, 9.17) is 26.8 Å². The maximum absolute atomic E-state index is 6.11. The number of nitrogens with zero attached hydrogens (tertiary/aromatic N) is 2. The number of hydrogen-bond donors (Lipinski definition) is 1. The highest BCUT2D eigenvalue weighted by Gasteiger charge is 2.53. The van der Waals surface area contributed by atoms with Gasteiger partial charge in [-0.1, -0.05) is 27.5 Å². The van der Waals surface area contributed by atoms with E-state index in [2.05, 4.69) is 25.9 Å². The van der Waals surface area contributed by atoms with Crippen LogP contribution in [0.15, 0.2) is 44.5 Å². The molecule has 7 heteroatoms. The van der Waals surface area contributed by atoms with Gasteiger partial charge >= 0.3 is 0 Å². The lowest BCUT2D eigenvalue weighted by Crippen LogP contribution is -2.45. The van der Waals surface area contributed by atoms with Crippen LogP contribution in [0.2, 0.25) is 0 Å². The Labute approximate surface area is 134 Å². The summed E-state index contributed by atoms with van der Waals surface area (Å²) in [5, 5.41) is 0.533. The number of fused-ring (bicyclic) bond motifs is 4. The van der Waals surface area contributed by atoms with E-state index in [0.29, 0.717) is 18.2 Å². The van der Waals surface area contributed by atoms with Gasteiger partial charge in [-0.3, -0.25) is 4.99 Å². The summed E-state index contributed by atoms with van der Waals surface area (Å²) in [6.45, 7) is 0.321. The predicted octanol–water partition coefficient (Wildman–Crippen LogP) is 2.68. The Kier molecular flexibility index (Phi) is 2.81. The van der Waals surface area contributed by atoms with Crippen molar-refractivity contribution in [3.05, 3.63) is 40.1 Å². The first-order valence-corrected chi connectivity index (χ1v) is 7.64. The van der Waals surface area contributed by atoms with Crippen molar-refractivity contribution in [3.63, 3.8) is 0 Å².